The van der Waals surface area contributed by atoms with E-state index in [1.54, 1.807) is 12.1 Å². The number of nitrogens with one attached hydrogen (secondary N) is 2. The molecule has 0 radical (unpaired) electrons. The fraction of sp³-hybridized carbons (Fsp3) is 0.316. The van der Waals surface area contributed by atoms with Crippen molar-refractivity contribution in [2.45, 2.75) is 26.3 Å². The van der Waals surface area contributed by atoms with E-state index in [4.69, 9.17) is 12.2 Å². The average Bonchev–Trinajstić information content (AvgIpc) is 3.04. The molecule has 3 rings (SSSR count). The molecule has 1 heterocycles. The maximum absolute atomic E-state index is 13.8. The Kier molecular flexibility index (Phi) is 5.43. The van der Waals surface area contributed by atoms with E-state index < -0.39 is 0 Å². The van der Waals surface area contributed by atoms with Gasteiger partial charge in [0.25, 0.3) is 0 Å². The van der Waals surface area contributed by atoms with Crippen LogP contribution in [0.1, 0.15) is 24.0 Å². The molecule has 5 heteroatoms. The molecule has 3 nitrogen and oxygen atoms in total. The fourth-order valence-electron chi connectivity index (χ4n) is 2.97. The van der Waals surface area contributed by atoms with E-state index in [1.807, 2.05) is 19.1 Å². The van der Waals surface area contributed by atoms with Gasteiger partial charge < -0.3 is 10.6 Å². The molecule has 0 spiro atoms. The SMILES string of the molecule is Cc1ccc(F)c(NC(=S)Nc2cccc(CN3CCCC3)c2)c1. The van der Waals surface area contributed by atoms with Gasteiger partial charge in [0.2, 0.25) is 0 Å². The Balaban J connectivity index is 1.62. The summed E-state index contributed by atoms with van der Waals surface area (Å²) >= 11 is 5.31. The summed E-state index contributed by atoms with van der Waals surface area (Å²) in [6, 6.07) is 13.1. The van der Waals surface area contributed by atoms with Gasteiger partial charge in [0, 0.05) is 12.2 Å². The van der Waals surface area contributed by atoms with Gasteiger partial charge in [-0.05, 0) is 80.5 Å². The second kappa shape index (κ2) is 7.73. The van der Waals surface area contributed by atoms with E-state index in [0.717, 1.165) is 17.8 Å². The van der Waals surface area contributed by atoms with Crippen molar-refractivity contribution >= 4 is 28.7 Å². The van der Waals surface area contributed by atoms with Crippen LogP contribution in [0.15, 0.2) is 42.5 Å². The number of likely N-dealkylation sites (tertiary alicyclic amines) is 1. The Hall–Kier alpha value is -1.98. The first-order valence-corrected chi connectivity index (χ1v) is 8.66. The molecule has 1 fully saturated rings. The molecule has 0 bridgehead atoms. The number of rotatable bonds is 4. The lowest BCUT2D eigenvalue weighted by atomic mass is 10.2. The molecule has 2 aromatic rings. The second-order valence-corrected chi connectivity index (χ2v) is 6.65. The Bertz CT molecular complexity index is 726. The Morgan fingerprint density at radius 1 is 1.12 bits per heavy atom. The lowest BCUT2D eigenvalue weighted by Crippen LogP contribution is -2.21. The second-order valence-electron chi connectivity index (χ2n) is 6.25. The molecule has 1 aliphatic rings. The van der Waals surface area contributed by atoms with Crippen LogP contribution in [0.2, 0.25) is 0 Å². The smallest absolute Gasteiger partial charge is 0.175 e. The normalized spacial score (nSPS) is 14.6. The molecule has 0 atom stereocenters. The molecular weight excluding hydrogens is 321 g/mol. The molecule has 0 unspecified atom stereocenters. The van der Waals surface area contributed by atoms with E-state index in [0.29, 0.717) is 10.8 Å². The summed E-state index contributed by atoms with van der Waals surface area (Å²) in [5, 5.41) is 6.45. The molecule has 2 N–H and O–H groups in total. The fourth-order valence-corrected chi connectivity index (χ4v) is 3.19. The first-order chi connectivity index (χ1) is 11.6. The number of aryl methyl sites for hydroxylation is 1. The lowest BCUT2D eigenvalue weighted by molar-refractivity contribution is 0.331. The number of nitrogens with zero attached hydrogens (tertiary/aromatic N) is 1. The summed E-state index contributed by atoms with van der Waals surface area (Å²) in [6.45, 7) is 5.22. The molecule has 2 aromatic carbocycles. The standard InChI is InChI=1S/C19H22FN3S/c1-14-7-8-17(20)18(11-14)22-19(24)21-16-6-4-5-15(12-16)13-23-9-2-3-10-23/h4-8,11-12H,2-3,9-10,13H2,1H3,(H2,21,22,24). The van der Waals surface area contributed by atoms with Crippen LogP contribution in [0.25, 0.3) is 0 Å². The maximum Gasteiger partial charge on any atom is 0.175 e. The summed E-state index contributed by atoms with van der Waals surface area (Å²) in [5.74, 6) is -0.312. The zero-order valence-electron chi connectivity index (χ0n) is 13.8. The highest BCUT2D eigenvalue weighted by Gasteiger charge is 2.12. The Morgan fingerprint density at radius 3 is 2.71 bits per heavy atom. The highest BCUT2D eigenvalue weighted by atomic mass is 32.1. The predicted octanol–water partition coefficient (Wildman–Crippen LogP) is 4.54. The third kappa shape index (κ3) is 4.52. The molecule has 0 amide bonds. The highest BCUT2D eigenvalue weighted by molar-refractivity contribution is 7.80. The predicted molar refractivity (Wildman–Crippen MR) is 102 cm³/mol. The van der Waals surface area contributed by atoms with Crippen LogP contribution in [0, 0.1) is 12.7 Å². The van der Waals surface area contributed by atoms with Gasteiger partial charge in [-0.1, -0.05) is 18.2 Å². The van der Waals surface area contributed by atoms with E-state index in [1.165, 1.54) is 37.6 Å². The summed E-state index contributed by atoms with van der Waals surface area (Å²) in [7, 11) is 0. The molecule has 1 saturated heterocycles. The summed E-state index contributed by atoms with van der Waals surface area (Å²) < 4.78 is 13.8. The third-order valence-electron chi connectivity index (χ3n) is 4.16. The van der Waals surface area contributed by atoms with Crippen LogP contribution >= 0.6 is 12.2 Å². The number of hydrogen-bond donors (Lipinski definition) is 2. The van der Waals surface area contributed by atoms with Crippen LogP contribution in [-0.2, 0) is 6.54 Å². The molecule has 1 aliphatic heterocycles. The zero-order valence-corrected chi connectivity index (χ0v) is 14.6. The van der Waals surface area contributed by atoms with Gasteiger partial charge in [-0.3, -0.25) is 4.90 Å². The average molecular weight is 343 g/mol. The Morgan fingerprint density at radius 2 is 1.92 bits per heavy atom. The van der Waals surface area contributed by atoms with Crippen LogP contribution in [0.5, 0.6) is 0 Å². The highest BCUT2D eigenvalue weighted by Crippen LogP contribution is 2.18. The van der Waals surface area contributed by atoms with Crippen molar-refractivity contribution in [2.24, 2.45) is 0 Å². The number of hydrogen-bond acceptors (Lipinski definition) is 2. The molecule has 0 saturated carbocycles. The number of benzene rings is 2. The van der Waals surface area contributed by atoms with Crippen molar-refractivity contribution in [3.05, 3.63) is 59.4 Å². The van der Waals surface area contributed by atoms with Gasteiger partial charge in [0.1, 0.15) is 5.82 Å². The van der Waals surface area contributed by atoms with Crippen LogP contribution < -0.4 is 10.6 Å². The van der Waals surface area contributed by atoms with E-state index in [9.17, 15) is 4.39 Å². The summed E-state index contributed by atoms with van der Waals surface area (Å²) in [5.41, 5.74) is 3.54. The molecule has 126 valence electrons. The van der Waals surface area contributed by atoms with Crippen molar-refractivity contribution < 1.29 is 4.39 Å². The maximum atomic E-state index is 13.8. The van der Waals surface area contributed by atoms with Gasteiger partial charge in [0.05, 0.1) is 5.69 Å². The third-order valence-corrected chi connectivity index (χ3v) is 4.36. The van der Waals surface area contributed by atoms with Gasteiger partial charge >= 0.3 is 0 Å². The topological polar surface area (TPSA) is 27.3 Å². The van der Waals surface area contributed by atoms with Gasteiger partial charge in [0.15, 0.2) is 5.11 Å². The molecular formula is C19H22FN3S. The first-order valence-electron chi connectivity index (χ1n) is 8.25. The number of thiocarbonyl (C=S) groups is 1. The monoisotopic (exact) mass is 343 g/mol. The lowest BCUT2D eigenvalue weighted by Gasteiger charge is -2.16. The molecule has 0 aliphatic carbocycles. The van der Waals surface area contributed by atoms with Crippen molar-refractivity contribution in [1.82, 2.24) is 4.90 Å². The van der Waals surface area contributed by atoms with Crippen molar-refractivity contribution in [2.75, 3.05) is 23.7 Å². The van der Waals surface area contributed by atoms with Crippen LogP contribution in [0.3, 0.4) is 0 Å². The minimum absolute atomic E-state index is 0.312. The van der Waals surface area contributed by atoms with Gasteiger partial charge in [-0.15, -0.1) is 0 Å². The number of halogens is 1. The Labute approximate surface area is 147 Å². The van der Waals surface area contributed by atoms with E-state index >= 15 is 0 Å². The van der Waals surface area contributed by atoms with Crippen molar-refractivity contribution in [3.63, 3.8) is 0 Å². The van der Waals surface area contributed by atoms with Crippen LogP contribution in [0.4, 0.5) is 15.8 Å². The minimum Gasteiger partial charge on any atom is -0.332 e. The molecule has 24 heavy (non-hydrogen) atoms. The number of anilines is 2. The molecule has 0 aromatic heterocycles. The summed E-state index contributed by atoms with van der Waals surface area (Å²) in [6.07, 6.45) is 2.57. The first kappa shape index (κ1) is 16.9. The quantitative estimate of drug-likeness (QED) is 0.797. The van der Waals surface area contributed by atoms with Crippen LogP contribution in [-0.4, -0.2) is 23.1 Å². The van der Waals surface area contributed by atoms with Crippen molar-refractivity contribution in [1.29, 1.82) is 0 Å². The van der Waals surface area contributed by atoms with E-state index in [2.05, 4.69) is 27.7 Å². The van der Waals surface area contributed by atoms with Gasteiger partial charge in [-0.2, -0.15) is 0 Å². The zero-order chi connectivity index (χ0) is 16.9. The van der Waals surface area contributed by atoms with Gasteiger partial charge in [-0.25, -0.2) is 4.39 Å². The van der Waals surface area contributed by atoms with Crippen molar-refractivity contribution in [3.8, 4) is 0 Å². The minimum atomic E-state index is -0.312. The summed E-state index contributed by atoms with van der Waals surface area (Å²) in [4.78, 5) is 2.46. The largest absolute Gasteiger partial charge is 0.332 e. The van der Waals surface area contributed by atoms with E-state index in [-0.39, 0.29) is 5.82 Å².